The van der Waals surface area contributed by atoms with Crippen LogP contribution in [0.3, 0.4) is 0 Å². The van der Waals surface area contributed by atoms with Gasteiger partial charge in [-0.3, -0.25) is 0 Å². The van der Waals surface area contributed by atoms with Gasteiger partial charge in [0.15, 0.2) is 14.7 Å². The summed E-state index contributed by atoms with van der Waals surface area (Å²) < 4.78 is 158. The molecule has 0 fully saturated rings. The van der Waals surface area contributed by atoms with Crippen molar-refractivity contribution >= 4 is 10.9 Å². The molecule has 0 aliphatic rings. The van der Waals surface area contributed by atoms with E-state index in [4.69, 9.17) is 0 Å². The molecule has 0 saturated carbocycles. The summed E-state index contributed by atoms with van der Waals surface area (Å²) >= 11 is 0. The normalized spacial score (nSPS) is 13.4. The van der Waals surface area contributed by atoms with E-state index in [1.54, 1.807) is 0 Å². The van der Waals surface area contributed by atoms with Crippen molar-refractivity contribution < 1.29 is 52.7 Å². The molecular formula is C22H11F12S+. The van der Waals surface area contributed by atoms with Gasteiger partial charge in [0, 0.05) is 12.1 Å². The van der Waals surface area contributed by atoms with Crippen molar-refractivity contribution in [3.63, 3.8) is 0 Å². The van der Waals surface area contributed by atoms with E-state index >= 15 is 0 Å². The molecule has 35 heavy (non-hydrogen) atoms. The standard InChI is InChI=1S/C22H11F12S/c23-19(24,25)12-1-5-16(6-2-12)35(17-7-3-13(4-8-17)20(26,27)28)18-10-14(21(29,30)31)9-15(11-18)22(32,33)34/h1-11H/q+1. The third-order valence-electron chi connectivity index (χ3n) is 4.63. The van der Waals surface area contributed by atoms with Gasteiger partial charge in [-0.1, -0.05) is 0 Å². The summed E-state index contributed by atoms with van der Waals surface area (Å²) in [5.74, 6) is 0. The first-order valence-corrected chi connectivity index (χ1v) is 10.5. The fraction of sp³-hybridized carbons (Fsp3) is 0.182. The first-order chi connectivity index (χ1) is 15.9. The highest BCUT2D eigenvalue weighted by molar-refractivity contribution is 7.97. The lowest BCUT2D eigenvalue weighted by Gasteiger charge is -2.15. The molecule has 0 N–H and O–H groups in total. The van der Waals surface area contributed by atoms with Crippen LogP contribution >= 0.6 is 0 Å². The molecule has 0 aliphatic carbocycles. The summed E-state index contributed by atoms with van der Waals surface area (Å²) in [6, 6.07) is 6.43. The molecule has 3 rings (SSSR count). The molecule has 0 nitrogen and oxygen atoms in total. The number of hydrogen-bond donors (Lipinski definition) is 0. The molecule has 3 aromatic rings. The number of rotatable bonds is 3. The Balaban J connectivity index is 2.26. The highest BCUT2D eigenvalue weighted by atomic mass is 32.2. The zero-order valence-corrected chi connectivity index (χ0v) is 17.6. The second kappa shape index (κ2) is 8.99. The van der Waals surface area contributed by atoms with Gasteiger partial charge in [0.1, 0.15) is 0 Å². The molecule has 0 radical (unpaired) electrons. The van der Waals surface area contributed by atoms with Gasteiger partial charge in [-0.2, -0.15) is 52.7 Å². The Morgan fingerprint density at radius 3 is 0.886 bits per heavy atom. The Morgan fingerprint density at radius 2 is 0.629 bits per heavy atom. The Bertz CT molecular complexity index is 1080. The van der Waals surface area contributed by atoms with Gasteiger partial charge in [-0.25, -0.2) is 0 Å². The topological polar surface area (TPSA) is 0 Å². The number of hydrogen-bond acceptors (Lipinski definition) is 0. The van der Waals surface area contributed by atoms with Gasteiger partial charge in [0.05, 0.1) is 33.1 Å². The maximum Gasteiger partial charge on any atom is 0.416 e. The summed E-state index contributed by atoms with van der Waals surface area (Å²) in [5, 5.41) is 0. The third-order valence-corrected chi connectivity index (χ3v) is 6.83. The van der Waals surface area contributed by atoms with Gasteiger partial charge >= 0.3 is 24.7 Å². The minimum Gasteiger partial charge on any atom is -0.166 e. The van der Waals surface area contributed by atoms with Crippen LogP contribution in [0.2, 0.25) is 0 Å². The molecule has 3 aromatic carbocycles. The quantitative estimate of drug-likeness (QED) is 0.232. The van der Waals surface area contributed by atoms with E-state index in [1.165, 1.54) is 0 Å². The van der Waals surface area contributed by atoms with Crippen molar-refractivity contribution in [3.8, 4) is 0 Å². The first-order valence-electron chi connectivity index (χ1n) is 9.25. The van der Waals surface area contributed by atoms with Gasteiger partial charge in [0.25, 0.3) is 0 Å². The van der Waals surface area contributed by atoms with Crippen LogP contribution in [0.25, 0.3) is 0 Å². The van der Waals surface area contributed by atoms with Crippen molar-refractivity contribution in [1.29, 1.82) is 0 Å². The van der Waals surface area contributed by atoms with Crippen molar-refractivity contribution in [2.75, 3.05) is 0 Å². The van der Waals surface area contributed by atoms with Crippen LogP contribution in [-0.2, 0) is 35.6 Å². The van der Waals surface area contributed by atoms with Crippen molar-refractivity contribution in [2.24, 2.45) is 0 Å². The fourth-order valence-electron chi connectivity index (χ4n) is 3.01. The van der Waals surface area contributed by atoms with E-state index in [0.717, 1.165) is 24.3 Å². The summed E-state index contributed by atoms with van der Waals surface area (Å²) in [7, 11) is -1.91. The van der Waals surface area contributed by atoms with Crippen LogP contribution in [-0.4, -0.2) is 0 Å². The fourth-order valence-corrected chi connectivity index (χ4v) is 5.14. The smallest absolute Gasteiger partial charge is 0.166 e. The molecule has 0 saturated heterocycles. The lowest BCUT2D eigenvalue weighted by atomic mass is 10.1. The summed E-state index contributed by atoms with van der Waals surface area (Å²) in [6.45, 7) is 0. The summed E-state index contributed by atoms with van der Waals surface area (Å²) in [5.41, 5.74) is -5.59. The minimum atomic E-state index is -5.20. The van der Waals surface area contributed by atoms with E-state index < -0.39 is 62.7 Å². The van der Waals surface area contributed by atoms with E-state index in [-0.39, 0.29) is 15.9 Å². The molecule has 188 valence electrons. The van der Waals surface area contributed by atoms with Crippen LogP contribution in [0.1, 0.15) is 22.3 Å². The molecular weight excluding hydrogens is 524 g/mol. The van der Waals surface area contributed by atoms with Gasteiger partial charge in [-0.05, 0) is 54.6 Å². The summed E-state index contributed by atoms with van der Waals surface area (Å²) in [4.78, 5) is -0.859. The molecule has 0 amide bonds. The largest absolute Gasteiger partial charge is 0.416 e. The van der Waals surface area contributed by atoms with Crippen LogP contribution < -0.4 is 0 Å². The predicted octanol–water partition coefficient (Wildman–Crippen LogP) is 8.86. The molecule has 13 heteroatoms. The van der Waals surface area contributed by atoms with E-state index in [1.807, 2.05) is 0 Å². The van der Waals surface area contributed by atoms with Gasteiger partial charge in [-0.15, -0.1) is 0 Å². The molecule has 0 bridgehead atoms. The van der Waals surface area contributed by atoms with Crippen molar-refractivity contribution in [2.45, 2.75) is 39.4 Å². The first kappa shape index (κ1) is 26.8. The van der Waals surface area contributed by atoms with E-state index in [2.05, 4.69) is 0 Å². The highest BCUT2D eigenvalue weighted by Crippen LogP contribution is 2.41. The second-order valence-electron chi connectivity index (χ2n) is 7.09. The zero-order valence-electron chi connectivity index (χ0n) is 16.8. The van der Waals surface area contributed by atoms with Crippen LogP contribution in [0.4, 0.5) is 52.7 Å². The number of alkyl halides is 12. The summed E-state index contributed by atoms with van der Waals surface area (Å²) in [6.07, 6.45) is -20.0. The van der Waals surface area contributed by atoms with Gasteiger partial charge in [0.2, 0.25) is 0 Å². The molecule has 0 atom stereocenters. The van der Waals surface area contributed by atoms with Crippen molar-refractivity contribution in [1.82, 2.24) is 0 Å². The van der Waals surface area contributed by atoms with Gasteiger partial charge < -0.3 is 0 Å². The SMILES string of the molecule is FC(F)(F)c1ccc([S+](c2ccc(C(F)(F)F)cc2)c2cc(C(F)(F)F)cc(C(F)(F)F)c2)cc1. The van der Waals surface area contributed by atoms with Crippen LogP contribution in [0.5, 0.6) is 0 Å². The average molecular weight is 535 g/mol. The van der Waals surface area contributed by atoms with Crippen molar-refractivity contribution in [3.05, 3.63) is 89.0 Å². The Hall–Kier alpha value is -2.83. The number of benzene rings is 3. The highest BCUT2D eigenvalue weighted by Gasteiger charge is 2.41. The van der Waals surface area contributed by atoms with E-state index in [9.17, 15) is 52.7 Å². The number of halogens is 12. The van der Waals surface area contributed by atoms with E-state index in [0.29, 0.717) is 36.4 Å². The molecule has 0 unspecified atom stereocenters. The molecule has 0 aliphatic heterocycles. The third kappa shape index (κ3) is 6.24. The zero-order chi connectivity index (χ0) is 26.4. The lowest BCUT2D eigenvalue weighted by molar-refractivity contribution is -0.143. The monoisotopic (exact) mass is 535 g/mol. The maximum atomic E-state index is 13.4. The predicted molar refractivity (Wildman–Crippen MR) is 101 cm³/mol. The second-order valence-corrected chi connectivity index (χ2v) is 9.12. The molecule has 0 heterocycles. The lowest BCUT2D eigenvalue weighted by Crippen LogP contribution is -2.15. The molecule has 0 aromatic heterocycles. The molecule has 0 spiro atoms. The maximum absolute atomic E-state index is 13.4. The van der Waals surface area contributed by atoms with Crippen LogP contribution in [0, 0.1) is 0 Å². The minimum absolute atomic E-state index is 0.120. The Labute approximate surface area is 192 Å². The Kier molecular flexibility index (Phi) is 6.88. The average Bonchev–Trinajstić information content (AvgIpc) is 2.72. The Morgan fingerprint density at radius 1 is 0.343 bits per heavy atom. The van der Waals surface area contributed by atoms with Crippen LogP contribution in [0.15, 0.2) is 81.4 Å².